The fraction of sp³-hybridized carbons (Fsp3) is 0.600. The van der Waals surface area contributed by atoms with Gasteiger partial charge in [-0.3, -0.25) is 0 Å². The maximum atomic E-state index is 4.52. The maximum Gasteiger partial charge on any atom is 0.163 e. The SMILES string of the molecule is C[CH]O/N=C/CC. The standard InChI is InChI=1S/C5H10NO/c1-3-5-6-7-4-2/h4-5H,3H2,1-2H3/b6-5+. The lowest BCUT2D eigenvalue weighted by atomic mass is 10.6. The van der Waals surface area contributed by atoms with Gasteiger partial charge in [-0.1, -0.05) is 12.1 Å². The normalized spacial score (nSPS) is 10.0. The van der Waals surface area contributed by atoms with Gasteiger partial charge in [-0.25, -0.2) is 0 Å². The van der Waals surface area contributed by atoms with Gasteiger partial charge in [0.1, 0.15) is 0 Å². The number of oxime groups is 1. The molecule has 41 valence electrons. The van der Waals surface area contributed by atoms with Crippen LogP contribution in [0, 0.1) is 6.61 Å². The average Bonchev–Trinajstić information content (AvgIpc) is 1.69. The second kappa shape index (κ2) is 5.47. The Morgan fingerprint density at radius 2 is 2.43 bits per heavy atom. The van der Waals surface area contributed by atoms with E-state index in [0.717, 1.165) is 6.42 Å². The van der Waals surface area contributed by atoms with Crippen LogP contribution in [-0.2, 0) is 4.84 Å². The third kappa shape index (κ3) is 5.47. The Hall–Kier alpha value is -0.530. The zero-order valence-corrected chi connectivity index (χ0v) is 4.72. The van der Waals surface area contributed by atoms with Crippen LogP contribution in [0.15, 0.2) is 5.16 Å². The summed E-state index contributed by atoms with van der Waals surface area (Å²) in [6, 6.07) is 0. The highest BCUT2D eigenvalue weighted by Crippen LogP contribution is 1.77. The molecule has 0 aromatic heterocycles. The van der Waals surface area contributed by atoms with Crippen molar-refractivity contribution in [2.24, 2.45) is 5.16 Å². The molecule has 0 aromatic rings. The average molecular weight is 100 g/mol. The van der Waals surface area contributed by atoms with Crippen LogP contribution in [0.4, 0.5) is 0 Å². The Bertz CT molecular complexity index is 52.0. The molecular formula is C5H10NO. The molecule has 0 saturated heterocycles. The lowest BCUT2D eigenvalue weighted by Gasteiger charge is -1.85. The molecule has 1 radical (unpaired) electrons. The summed E-state index contributed by atoms with van der Waals surface area (Å²) < 4.78 is 0. The molecular weight excluding hydrogens is 90.1 g/mol. The summed E-state index contributed by atoms with van der Waals surface area (Å²) in [5.74, 6) is 0. The van der Waals surface area contributed by atoms with Crippen molar-refractivity contribution in [3.63, 3.8) is 0 Å². The summed E-state index contributed by atoms with van der Waals surface area (Å²) in [6.45, 7) is 5.32. The van der Waals surface area contributed by atoms with E-state index < -0.39 is 0 Å². The Balaban J connectivity index is 2.78. The second-order valence-electron chi connectivity index (χ2n) is 1.04. The first-order valence-corrected chi connectivity index (χ1v) is 2.37. The number of hydrogen-bond acceptors (Lipinski definition) is 2. The summed E-state index contributed by atoms with van der Waals surface area (Å²) in [4.78, 5) is 4.52. The van der Waals surface area contributed by atoms with Crippen LogP contribution in [-0.4, -0.2) is 6.21 Å². The number of rotatable bonds is 3. The van der Waals surface area contributed by atoms with Crippen LogP contribution in [0.5, 0.6) is 0 Å². The van der Waals surface area contributed by atoms with Crippen LogP contribution >= 0.6 is 0 Å². The van der Waals surface area contributed by atoms with Gasteiger partial charge in [0.25, 0.3) is 0 Å². The summed E-state index contributed by atoms with van der Waals surface area (Å²) >= 11 is 0. The van der Waals surface area contributed by atoms with E-state index in [-0.39, 0.29) is 0 Å². The Morgan fingerprint density at radius 1 is 1.71 bits per heavy atom. The summed E-state index contributed by atoms with van der Waals surface area (Å²) in [5.41, 5.74) is 0. The summed E-state index contributed by atoms with van der Waals surface area (Å²) in [6.07, 6.45) is 2.63. The van der Waals surface area contributed by atoms with Crippen LogP contribution in [0.3, 0.4) is 0 Å². The van der Waals surface area contributed by atoms with Gasteiger partial charge in [0, 0.05) is 6.21 Å². The molecule has 0 spiro atoms. The highest BCUT2D eigenvalue weighted by atomic mass is 16.6. The molecule has 0 amide bonds. The fourth-order valence-corrected chi connectivity index (χ4v) is 0.178. The molecule has 0 heterocycles. The minimum atomic E-state index is 0.924. The van der Waals surface area contributed by atoms with Gasteiger partial charge < -0.3 is 4.84 Å². The molecule has 0 fully saturated rings. The molecule has 2 nitrogen and oxygen atoms in total. The first-order chi connectivity index (χ1) is 3.41. The molecule has 0 bridgehead atoms. The van der Waals surface area contributed by atoms with Gasteiger partial charge in [-0.05, 0) is 13.3 Å². The minimum absolute atomic E-state index is 0.924. The van der Waals surface area contributed by atoms with Gasteiger partial charge in [0.05, 0.1) is 0 Å². The van der Waals surface area contributed by atoms with E-state index in [1.54, 1.807) is 13.1 Å². The zero-order valence-electron chi connectivity index (χ0n) is 4.72. The highest BCUT2D eigenvalue weighted by Gasteiger charge is 1.67. The van der Waals surface area contributed by atoms with Crippen molar-refractivity contribution in [1.29, 1.82) is 0 Å². The maximum absolute atomic E-state index is 4.52. The van der Waals surface area contributed by atoms with Crippen molar-refractivity contribution in [1.82, 2.24) is 0 Å². The van der Waals surface area contributed by atoms with Crippen molar-refractivity contribution >= 4 is 6.21 Å². The predicted octanol–water partition coefficient (Wildman–Crippen LogP) is 1.58. The Morgan fingerprint density at radius 3 is 2.86 bits per heavy atom. The van der Waals surface area contributed by atoms with E-state index >= 15 is 0 Å². The van der Waals surface area contributed by atoms with Crippen LogP contribution in [0.1, 0.15) is 20.3 Å². The molecule has 0 aliphatic heterocycles. The molecule has 0 aliphatic carbocycles. The molecule has 0 N–H and O–H groups in total. The highest BCUT2D eigenvalue weighted by molar-refractivity contribution is 5.55. The Labute approximate surface area is 44.2 Å². The van der Waals surface area contributed by atoms with Crippen LogP contribution in [0.25, 0.3) is 0 Å². The van der Waals surface area contributed by atoms with E-state index in [1.807, 2.05) is 6.92 Å². The summed E-state index contributed by atoms with van der Waals surface area (Å²) in [7, 11) is 0. The van der Waals surface area contributed by atoms with Gasteiger partial charge >= 0.3 is 0 Å². The smallest absolute Gasteiger partial charge is 0.163 e. The minimum Gasteiger partial charge on any atom is -0.389 e. The van der Waals surface area contributed by atoms with E-state index in [2.05, 4.69) is 9.99 Å². The lowest BCUT2D eigenvalue weighted by molar-refractivity contribution is 0.220. The largest absolute Gasteiger partial charge is 0.389 e. The van der Waals surface area contributed by atoms with E-state index in [0.29, 0.717) is 0 Å². The molecule has 2 heteroatoms. The zero-order chi connectivity index (χ0) is 5.54. The second-order valence-corrected chi connectivity index (χ2v) is 1.04. The number of nitrogens with zero attached hydrogens (tertiary/aromatic N) is 1. The van der Waals surface area contributed by atoms with Crippen molar-refractivity contribution in [2.75, 3.05) is 0 Å². The molecule has 0 unspecified atom stereocenters. The van der Waals surface area contributed by atoms with E-state index in [4.69, 9.17) is 0 Å². The van der Waals surface area contributed by atoms with E-state index in [9.17, 15) is 0 Å². The molecule has 0 aromatic carbocycles. The van der Waals surface area contributed by atoms with Crippen molar-refractivity contribution in [2.45, 2.75) is 20.3 Å². The van der Waals surface area contributed by atoms with Gasteiger partial charge in [0.15, 0.2) is 6.61 Å². The van der Waals surface area contributed by atoms with Crippen molar-refractivity contribution in [3.8, 4) is 0 Å². The monoisotopic (exact) mass is 100 g/mol. The van der Waals surface area contributed by atoms with Crippen LogP contribution < -0.4 is 0 Å². The molecule has 0 atom stereocenters. The molecule has 7 heavy (non-hydrogen) atoms. The first kappa shape index (κ1) is 6.47. The fourth-order valence-electron chi connectivity index (χ4n) is 0.178. The quantitative estimate of drug-likeness (QED) is 0.389. The molecule has 0 saturated carbocycles. The lowest BCUT2D eigenvalue weighted by Crippen LogP contribution is -1.72. The predicted molar refractivity (Wildman–Crippen MR) is 29.8 cm³/mol. The van der Waals surface area contributed by atoms with Crippen molar-refractivity contribution in [3.05, 3.63) is 6.61 Å². The molecule has 0 rings (SSSR count). The summed E-state index contributed by atoms with van der Waals surface area (Å²) in [5, 5.41) is 3.53. The van der Waals surface area contributed by atoms with E-state index in [1.165, 1.54) is 6.61 Å². The Kier molecular flexibility index (Phi) is 5.06. The topological polar surface area (TPSA) is 21.6 Å². The number of hydrogen-bond donors (Lipinski definition) is 0. The van der Waals surface area contributed by atoms with Gasteiger partial charge in [-0.2, -0.15) is 0 Å². The van der Waals surface area contributed by atoms with Crippen LogP contribution in [0.2, 0.25) is 0 Å². The third-order valence-corrected chi connectivity index (χ3v) is 0.423. The van der Waals surface area contributed by atoms with Crippen molar-refractivity contribution < 1.29 is 4.84 Å². The molecule has 0 aliphatic rings. The van der Waals surface area contributed by atoms with Gasteiger partial charge in [0.2, 0.25) is 0 Å². The third-order valence-electron chi connectivity index (χ3n) is 0.423. The first-order valence-electron chi connectivity index (χ1n) is 2.37. The van der Waals surface area contributed by atoms with Gasteiger partial charge in [-0.15, -0.1) is 0 Å².